The first-order chi connectivity index (χ1) is 7.72. The second kappa shape index (κ2) is 7.34. The summed E-state index contributed by atoms with van der Waals surface area (Å²) in [5.41, 5.74) is -0.111. The van der Waals surface area contributed by atoms with Gasteiger partial charge in [-0.05, 0) is 48.5 Å². The first kappa shape index (κ1) is 16.9. The van der Waals surface area contributed by atoms with Crippen molar-refractivity contribution in [2.75, 3.05) is 20.2 Å². The molecule has 0 saturated carbocycles. The topological polar surface area (TPSA) is 24.5 Å². The van der Waals surface area contributed by atoms with Gasteiger partial charge >= 0.3 is 0 Å². The zero-order chi connectivity index (χ0) is 13.6. The molecule has 0 fully saturated rings. The maximum absolute atomic E-state index is 5.48. The molecule has 0 aliphatic heterocycles. The predicted octanol–water partition coefficient (Wildman–Crippen LogP) is 2.51. The zero-order valence-electron chi connectivity index (χ0n) is 13.0. The Labute approximate surface area is 108 Å². The van der Waals surface area contributed by atoms with E-state index < -0.39 is 0 Å². The lowest BCUT2D eigenvalue weighted by molar-refractivity contribution is -0.00581. The largest absolute Gasteiger partial charge is 0.377 e. The van der Waals surface area contributed by atoms with Crippen LogP contribution in [0.15, 0.2) is 0 Å². The van der Waals surface area contributed by atoms with Gasteiger partial charge in [-0.15, -0.1) is 0 Å². The summed E-state index contributed by atoms with van der Waals surface area (Å²) >= 11 is 0. The maximum Gasteiger partial charge on any atom is 0.0772 e. The van der Waals surface area contributed by atoms with Crippen LogP contribution < -0.4 is 5.32 Å². The standard InChI is InChI=1S/C14H32N2O/c1-11(2)16(12(3)4)10-9-15-13(5)14(6,7)17-8/h11-13,15H,9-10H2,1-8H3. The van der Waals surface area contributed by atoms with Crippen LogP contribution in [0.5, 0.6) is 0 Å². The van der Waals surface area contributed by atoms with E-state index in [0.717, 1.165) is 13.1 Å². The highest BCUT2D eigenvalue weighted by Gasteiger charge is 2.24. The molecule has 3 nitrogen and oxygen atoms in total. The third-order valence-electron chi connectivity index (χ3n) is 3.72. The van der Waals surface area contributed by atoms with Crippen LogP contribution in [0, 0.1) is 0 Å². The molecule has 17 heavy (non-hydrogen) atoms. The molecule has 3 heteroatoms. The summed E-state index contributed by atoms with van der Waals surface area (Å²) in [4.78, 5) is 2.50. The summed E-state index contributed by atoms with van der Waals surface area (Å²) in [6.45, 7) is 17.5. The number of nitrogens with zero attached hydrogens (tertiary/aromatic N) is 1. The van der Waals surface area contributed by atoms with Crippen LogP contribution in [-0.4, -0.2) is 48.8 Å². The molecule has 0 bridgehead atoms. The van der Waals surface area contributed by atoms with E-state index in [1.54, 1.807) is 7.11 Å². The average Bonchev–Trinajstić information content (AvgIpc) is 2.22. The Bertz CT molecular complexity index is 194. The summed E-state index contributed by atoms with van der Waals surface area (Å²) < 4.78 is 5.48. The highest BCUT2D eigenvalue weighted by Crippen LogP contribution is 2.13. The minimum absolute atomic E-state index is 0.111. The van der Waals surface area contributed by atoms with Crippen LogP contribution in [0.3, 0.4) is 0 Å². The summed E-state index contributed by atoms with van der Waals surface area (Å²) in [5.74, 6) is 0. The van der Waals surface area contributed by atoms with Gasteiger partial charge in [-0.2, -0.15) is 0 Å². The minimum atomic E-state index is -0.111. The number of hydrogen-bond donors (Lipinski definition) is 1. The molecule has 0 aliphatic carbocycles. The molecule has 104 valence electrons. The number of hydrogen-bond acceptors (Lipinski definition) is 3. The monoisotopic (exact) mass is 244 g/mol. The Morgan fingerprint density at radius 3 is 1.88 bits per heavy atom. The number of nitrogens with one attached hydrogen (secondary N) is 1. The van der Waals surface area contributed by atoms with Crippen molar-refractivity contribution in [3.05, 3.63) is 0 Å². The Kier molecular flexibility index (Phi) is 7.29. The predicted molar refractivity (Wildman–Crippen MR) is 75.5 cm³/mol. The SMILES string of the molecule is COC(C)(C)C(C)NCCN(C(C)C)C(C)C. The highest BCUT2D eigenvalue weighted by atomic mass is 16.5. The van der Waals surface area contributed by atoms with Crippen molar-refractivity contribution in [1.82, 2.24) is 10.2 Å². The van der Waals surface area contributed by atoms with E-state index in [9.17, 15) is 0 Å². The zero-order valence-corrected chi connectivity index (χ0v) is 13.0. The van der Waals surface area contributed by atoms with Crippen molar-refractivity contribution in [3.63, 3.8) is 0 Å². The highest BCUT2D eigenvalue weighted by molar-refractivity contribution is 4.82. The quantitative estimate of drug-likeness (QED) is 0.710. The summed E-state index contributed by atoms with van der Waals surface area (Å²) in [7, 11) is 1.77. The maximum atomic E-state index is 5.48. The van der Waals surface area contributed by atoms with E-state index in [2.05, 4.69) is 58.7 Å². The van der Waals surface area contributed by atoms with Crippen molar-refractivity contribution in [3.8, 4) is 0 Å². The van der Waals surface area contributed by atoms with Gasteiger partial charge in [0.15, 0.2) is 0 Å². The third kappa shape index (κ3) is 5.84. The second-order valence-electron chi connectivity index (χ2n) is 5.91. The molecule has 0 radical (unpaired) electrons. The van der Waals surface area contributed by atoms with Crippen molar-refractivity contribution in [1.29, 1.82) is 0 Å². The number of rotatable bonds is 8. The van der Waals surface area contributed by atoms with Gasteiger partial charge in [0.2, 0.25) is 0 Å². The van der Waals surface area contributed by atoms with Crippen molar-refractivity contribution >= 4 is 0 Å². The fourth-order valence-corrected chi connectivity index (χ4v) is 1.95. The Morgan fingerprint density at radius 2 is 1.53 bits per heavy atom. The van der Waals surface area contributed by atoms with Gasteiger partial charge in [-0.25, -0.2) is 0 Å². The fraction of sp³-hybridized carbons (Fsp3) is 1.00. The first-order valence-electron chi connectivity index (χ1n) is 6.76. The van der Waals surface area contributed by atoms with Crippen LogP contribution in [-0.2, 0) is 4.74 Å². The summed E-state index contributed by atoms with van der Waals surface area (Å²) in [6.07, 6.45) is 0. The molecule has 1 atom stereocenters. The van der Waals surface area contributed by atoms with Gasteiger partial charge in [-0.1, -0.05) is 0 Å². The molecule has 0 aromatic carbocycles. The van der Waals surface area contributed by atoms with E-state index >= 15 is 0 Å². The summed E-state index contributed by atoms with van der Waals surface area (Å²) in [5, 5.41) is 3.55. The molecule has 0 heterocycles. The average molecular weight is 244 g/mol. The molecule has 0 aromatic rings. The van der Waals surface area contributed by atoms with Crippen LogP contribution in [0.25, 0.3) is 0 Å². The van der Waals surface area contributed by atoms with Crippen LogP contribution in [0.4, 0.5) is 0 Å². The molecular weight excluding hydrogens is 212 g/mol. The van der Waals surface area contributed by atoms with Crippen LogP contribution in [0.1, 0.15) is 48.5 Å². The van der Waals surface area contributed by atoms with Gasteiger partial charge in [-0.3, -0.25) is 4.90 Å². The summed E-state index contributed by atoms with van der Waals surface area (Å²) in [6, 6.07) is 1.55. The van der Waals surface area contributed by atoms with Gasteiger partial charge < -0.3 is 10.1 Å². The molecule has 0 aliphatic rings. The molecule has 1 unspecified atom stereocenters. The Morgan fingerprint density at radius 1 is 1.06 bits per heavy atom. The van der Waals surface area contributed by atoms with E-state index in [1.165, 1.54) is 0 Å². The molecule has 0 spiro atoms. The minimum Gasteiger partial charge on any atom is -0.377 e. The smallest absolute Gasteiger partial charge is 0.0772 e. The fourth-order valence-electron chi connectivity index (χ4n) is 1.95. The van der Waals surface area contributed by atoms with Crippen molar-refractivity contribution in [2.24, 2.45) is 0 Å². The van der Waals surface area contributed by atoms with Gasteiger partial charge in [0.1, 0.15) is 0 Å². The lowest BCUT2D eigenvalue weighted by atomic mass is 10.0. The third-order valence-corrected chi connectivity index (χ3v) is 3.72. The number of methoxy groups -OCH3 is 1. The van der Waals surface area contributed by atoms with Crippen molar-refractivity contribution < 1.29 is 4.74 Å². The van der Waals surface area contributed by atoms with Crippen LogP contribution in [0.2, 0.25) is 0 Å². The van der Waals surface area contributed by atoms with Gasteiger partial charge in [0, 0.05) is 38.3 Å². The van der Waals surface area contributed by atoms with E-state index in [4.69, 9.17) is 4.74 Å². The van der Waals surface area contributed by atoms with Crippen molar-refractivity contribution in [2.45, 2.75) is 72.2 Å². The van der Waals surface area contributed by atoms with Crippen LogP contribution >= 0.6 is 0 Å². The second-order valence-corrected chi connectivity index (χ2v) is 5.91. The van der Waals surface area contributed by atoms with E-state index in [-0.39, 0.29) is 5.60 Å². The molecular formula is C14H32N2O. The molecule has 0 amide bonds. The molecule has 0 aromatic heterocycles. The van der Waals surface area contributed by atoms with Gasteiger partial charge in [0.05, 0.1) is 5.60 Å². The lowest BCUT2D eigenvalue weighted by Gasteiger charge is -2.34. The normalized spacial score (nSPS) is 15.0. The molecule has 0 rings (SSSR count). The van der Waals surface area contributed by atoms with Gasteiger partial charge in [0.25, 0.3) is 0 Å². The Hall–Kier alpha value is -0.120. The molecule has 1 N–H and O–H groups in total. The van der Waals surface area contributed by atoms with E-state index in [1.807, 2.05) is 0 Å². The van der Waals surface area contributed by atoms with E-state index in [0.29, 0.717) is 18.1 Å². The number of ether oxygens (including phenoxy) is 1. The molecule has 0 saturated heterocycles. The Balaban J connectivity index is 4.05. The lowest BCUT2D eigenvalue weighted by Crippen LogP contribution is -2.49. The first-order valence-corrected chi connectivity index (χ1v) is 6.76.